The number of fused-ring (bicyclic) bond motifs is 1. The third kappa shape index (κ3) is 3.83. The molecule has 23 heavy (non-hydrogen) atoms. The minimum atomic E-state index is -0.839. The average molecular weight is 334 g/mol. The summed E-state index contributed by atoms with van der Waals surface area (Å²) in [6.45, 7) is 2.58. The number of benzene rings is 1. The number of aromatic nitrogens is 1. The molecule has 0 spiro atoms. The van der Waals surface area contributed by atoms with Crippen LogP contribution in [0.25, 0.3) is 10.9 Å². The van der Waals surface area contributed by atoms with E-state index >= 15 is 0 Å². The van der Waals surface area contributed by atoms with Crippen molar-refractivity contribution in [2.24, 2.45) is 5.18 Å². The molecule has 2 aromatic rings. The van der Waals surface area contributed by atoms with E-state index in [1.165, 1.54) is 12.8 Å². The van der Waals surface area contributed by atoms with Gasteiger partial charge in [0.1, 0.15) is 10.9 Å². The Morgan fingerprint density at radius 1 is 1.30 bits per heavy atom. The number of nitroso groups, excluding NO2 is 1. The Hall–Kier alpha value is -2.05. The van der Waals surface area contributed by atoms with Crippen molar-refractivity contribution in [2.75, 3.05) is 19.7 Å². The Kier molecular flexibility index (Phi) is 4.83. The van der Waals surface area contributed by atoms with Gasteiger partial charge in [0.25, 0.3) is 0 Å². The smallest absolute Gasteiger partial charge is 0.323 e. The molecule has 0 aliphatic carbocycles. The van der Waals surface area contributed by atoms with Gasteiger partial charge in [-0.1, -0.05) is 11.6 Å². The minimum Gasteiger partial charge on any atom is -0.484 e. The number of pyridine rings is 1. The van der Waals surface area contributed by atoms with Crippen molar-refractivity contribution in [3.05, 3.63) is 39.9 Å². The lowest BCUT2D eigenvalue weighted by atomic mass is 10.1. The fourth-order valence-electron chi connectivity index (χ4n) is 2.73. The van der Waals surface area contributed by atoms with Crippen molar-refractivity contribution < 1.29 is 9.53 Å². The summed E-state index contributed by atoms with van der Waals surface area (Å²) in [4.78, 5) is 27.7. The van der Waals surface area contributed by atoms with Crippen molar-refractivity contribution in [3.63, 3.8) is 0 Å². The van der Waals surface area contributed by atoms with Gasteiger partial charge in [-0.3, -0.25) is 9.69 Å². The number of halogens is 1. The molecule has 1 fully saturated rings. The summed E-state index contributed by atoms with van der Waals surface area (Å²) in [6, 6.07) is 7.23. The van der Waals surface area contributed by atoms with Crippen molar-refractivity contribution in [1.29, 1.82) is 0 Å². The van der Waals surface area contributed by atoms with Crippen LogP contribution in [0.5, 0.6) is 5.75 Å². The number of rotatable bonds is 5. The molecule has 1 aromatic carbocycles. The van der Waals surface area contributed by atoms with Crippen LogP contribution in [-0.2, 0) is 11.3 Å². The van der Waals surface area contributed by atoms with E-state index in [9.17, 15) is 9.70 Å². The van der Waals surface area contributed by atoms with E-state index < -0.39 is 5.91 Å². The van der Waals surface area contributed by atoms with Crippen molar-refractivity contribution in [3.8, 4) is 5.75 Å². The van der Waals surface area contributed by atoms with Gasteiger partial charge < -0.3 is 4.74 Å². The van der Waals surface area contributed by atoms with E-state index in [4.69, 9.17) is 16.3 Å². The molecule has 3 rings (SSSR count). The molecular weight excluding hydrogens is 318 g/mol. The lowest BCUT2D eigenvalue weighted by Gasteiger charge is -2.16. The lowest BCUT2D eigenvalue weighted by Crippen LogP contribution is -2.18. The predicted octanol–water partition coefficient (Wildman–Crippen LogP) is 3.16. The van der Waals surface area contributed by atoms with Crippen molar-refractivity contribution in [1.82, 2.24) is 9.88 Å². The number of nitrogens with zero attached hydrogens (tertiary/aromatic N) is 3. The molecule has 1 amide bonds. The molecule has 1 aromatic heterocycles. The number of hydrogen-bond donors (Lipinski definition) is 0. The quantitative estimate of drug-likeness (QED) is 0.621. The van der Waals surface area contributed by atoms with Crippen LogP contribution in [0.15, 0.2) is 29.4 Å². The highest BCUT2D eigenvalue weighted by Gasteiger charge is 2.15. The maximum atomic E-state index is 10.9. The summed E-state index contributed by atoms with van der Waals surface area (Å²) in [6.07, 6.45) is 2.44. The van der Waals surface area contributed by atoms with Crippen molar-refractivity contribution in [2.45, 2.75) is 19.4 Å². The molecular formula is C16H16ClN3O3. The molecule has 1 aliphatic heterocycles. The lowest BCUT2D eigenvalue weighted by molar-refractivity contribution is -0.119. The molecule has 0 radical (unpaired) electrons. The molecule has 1 saturated heterocycles. The molecule has 6 nitrogen and oxygen atoms in total. The zero-order valence-electron chi connectivity index (χ0n) is 12.5. The molecule has 2 heterocycles. The first kappa shape index (κ1) is 15.8. The number of amides is 1. The second-order valence-corrected chi connectivity index (χ2v) is 5.91. The van der Waals surface area contributed by atoms with Gasteiger partial charge >= 0.3 is 5.91 Å². The largest absolute Gasteiger partial charge is 0.484 e. The maximum Gasteiger partial charge on any atom is 0.323 e. The van der Waals surface area contributed by atoms with Gasteiger partial charge in [-0.25, -0.2) is 4.98 Å². The maximum absolute atomic E-state index is 10.9. The third-order valence-corrected chi connectivity index (χ3v) is 4.20. The highest BCUT2D eigenvalue weighted by Crippen LogP contribution is 2.26. The number of carbonyl (C=O) groups excluding carboxylic acids is 1. The topological polar surface area (TPSA) is 71.9 Å². The molecule has 7 heteroatoms. The summed E-state index contributed by atoms with van der Waals surface area (Å²) in [5, 5.41) is 3.69. The summed E-state index contributed by atoms with van der Waals surface area (Å²) in [5.74, 6) is -0.347. The monoisotopic (exact) mass is 333 g/mol. The Morgan fingerprint density at radius 2 is 2.09 bits per heavy atom. The van der Waals surface area contributed by atoms with E-state index in [0.717, 1.165) is 36.1 Å². The Bertz CT molecular complexity index is 745. The first-order valence-corrected chi connectivity index (χ1v) is 7.84. The van der Waals surface area contributed by atoms with E-state index in [1.807, 2.05) is 6.07 Å². The Balaban J connectivity index is 1.83. The van der Waals surface area contributed by atoms with E-state index in [-0.39, 0.29) is 6.61 Å². The summed E-state index contributed by atoms with van der Waals surface area (Å²) in [5.41, 5.74) is 1.73. The van der Waals surface area contributed by atoms with Gasteiger partial charge in [0.05, 0.1) is 5.52 Å². The zero-order chi connectivity index (χ0) is 16.2. The summed E-state index contributed by atoms with van der Waals surface area (Å²) >= 11 is 6.28. The van der Waals surface area contributed by atoms with Crippen LogP contribution in [0.2, 0.25) is 5.15 Å². The van der Waals surface area contributed by atoms with Crippen LogP contribution in [0.1, 0.15) is 18.4 Å². The molecule has 120 valence electrons. The first-order valence-electron chi connectivity index (χ1n) is 7.46. The third-order valence-electron chi connectivity index (χ3n) is 3.87. The van der Waals surface area contributed by atoms with Gasteiger partial charge in [0, 0.05) is 22.7 Å². The highest BCUT2D eigenvalue weighted by molar-refractivity contribution is 6.30. The Morgan fingerprint density at radius 3 is 2.83 bits per heavy atom. The normalized spacial score (nSPS) is 15.0. The van der Waals surface area contributed by atoms with Crippen LogP contribution in [0.3, 0.4) is 0 Å². The SMILES string of the molecule is O=NC(=O)COc1ccc2nc(Cl)c(CN3CCCC3)cc2c1. The fourth-order valence-corrected chi connectivity index (χ4v) is 2.93. The van der Waals surface area contributed by atoms with Crippen LogP contribution in [0, 0.1) is 4.91 Å². The number of hydrogen-bond acceptors (Lipinski definition) is 5. The fraction of sp³-hybridized carbons (Fsp3) is 0.375. The van der Waals surface area contributed by atoms with Gasteiger partial charge in [-0.15, -0.1) is 4.91 Å². The zero-order valence-corrected chi connectivity index (χ0v) is 13.3. The summed E-state index contributed by atoms with van der Waals surface area (Å²) in [7, 11) is 0. The molecule has 0 atom stereocenters. The number of ether oxygens (including phenoxy) is 1. The average Bonchev–Trinajstić information content (AvgIpc) is 3.06. The van der Waals surface area contributed by atoms with Gasteiger partial charge in [-0.2, -0.15) is 0 Å². The highest BCUT2D eigenvalue weighted by atomic mass is 35.5. The predicted molar refractivity (Wildman–Crippen MR) is 87.6 cm³/mol. The van der Waals surface area contributed by atoms with Gasteiger partial charge in [-0.05, 0) is 50.2 Å². The minimum absolute atomic E-state index is 0.364. The first-order chi connectivity index (χ1) is 11.2. The van der Waals surface area contributed by atoms with Crippen LogP contribution in [0.4, 0.5) is 0 Å². The summed E-state index contributed by atoms with van der Waals surface area (Å²) < 4.78 is 5.26. The molecule has 1 aliphatic rings. The second kappa shape index (κ2) is 7.02. The van der Waals surface area contributed by atoms with Crippen LogP contribution < -0.4 is 4.74 Å². The molecule has 0 bridgehead atoms. The second-order valence-electron chi connectivity index (χ2n) is 5.55. The molecule has 0 unspecified atom stereocenters. The van der Waals surface area contributed by atoms with Crippen LogP contribution in [-0.4, -0.2) is 35.5 Å². The molecule has 0 N–H and O–H groups in total. The van der Waals surface area contributed by atoms with Crippen molar-refractivity contribution >= 4 is 28.4 Å². The van der Waals surface area contributed by atoms with E-state index in [2.05, 4.69) is 15.1 Å². The van der Waals surface area contributed by atoms with Gasteiger partial charge in [0.2, 0.25) is 0 Å². The molecule has 0 saturated carbocycles. The van der Waals surface area contributed by atoms with E-state index in [1.54, 1.807) is 18.2 Å². The number of carbonyl (C=O) groups is 1. The van der Waals surface area contributed by atoms with Crippen LogP contribution >= 0.6 is 11.6 Å². The Labute approximate surface area is 138 Å². The van der Waals surface area contributed by atoms with E-state index in [0.29, 0.717) is 10.9 Å². The number of likely N-dealkylation sites (tertiary alicyclic amines) is 1. The van der Waals surface area contributed by atoms with Gasteiger partial charge in [0.15, 0.2) is 6.61 Å². The standard InChI is InChI=1S/C16H16ClN3O3/c17-16-12(9-20-5-1-2-6-20)7-11-8-13(3-4-14(11)18-16)23-10-15(21)19-22/h3-4,7-8H,1-2,5-6,9-10H2.